The van der Waals surface area contributed by atoms with Gasteiger partial charge in [0.2, 0.25) is 23.6 Å². The highest BCUT2D eigenvalue weighted by atomic mass is 16.7. The van der Waals surface area contributed by atoms with Crippen molar-refractivity contribution in [1.29, 1.82) is 0 Å². The van der Waals surface area contributed by atoms with E-state index < -0.39 is 155 Å². The van der Waals surface area contributed by atoms with Crippen LogP contribution in [0.4, 0.5) is 0 Å². The monoisotopic (exact) mass is 1130 g/mol. The van der Waals surface area contributed by atoms with Gasteiger partial charge < -0.3 is 54.5 Å². The lowest BCUT2D eigenvalue weighted by molar-refractivity contribution is -0.167. The summed E-state index contributed by atoms with van der Waals surface area (Å²) in [6.45, 7) is 29.2. The van der Waals surface area contributed by atoms with Crippen molar-refractivity contribution in [2.75, 3.05) is 0 Å². The molecule has 0 spiro atoms. The van der Waals surface area contributed by atoms with Crippen molar-refractivity contribution in [3.8, 4) is 0 Å². The predicted molar refractivity (Wildman–Crippen MR) is 292 cm³/mol. The Balaban J connectivity index is 3.27. The van der Waals surface area contributed by atoms with E-state index in [0.717, 1.165) is 0 Å². The van der Waals surface area contributed by atoms with Gasteiger partial charge in [0.05, 0.1) is 6.42 Å². The molecule has 1 aromatic carbocycles. The zero-order valence-electron chi connectivity index (χ0n) is 50.4. The predicted octanol–water partition coefficient (Wildman–Crippen LogP) is 5.54. The van der Waals surface area contributed by atoms with Crippen LogP contribution in [-0.4, -0.2) is 129 Å². The minimum atomic E-state index is -1.45. The molecule has 0 saturated heterocycles. The SMILES string of the molecule is CC(C)(C)OC(=O)CC[C@H](NC(=O)CC[C@H](NC(=O)CC[C@H](NC(=O)CC[C@H](NC(=O)CC[C@H](NOC(=O)Cc1ccccc1)C(=O)OC(C)(C)C)C(=O)OC(C)(C)C)C(=O)OC(C)(C)C)C(=O)OC(C)(C)C)C(=O)OC(C)(C)C. The first-order chi connectivity index (χ1) is 36.4. The van der Waals surface area contributed by atoms with Crippen molar-refractivity contribution >= 4 is 65.4 Å². The van der Waals surface area contributed by atoms with Crippen molar-refractivity contribution in [1.82, 2.24) is 26.7 Å². The first-order valence-corrected chi connectivity index (χ1v) is 26.9. The van der Waals surface area contributed by atoms with E-state index >= 15 is 0 Å². The molecule has 23 nitrogen and oxygen atoms in total. The highest BCUT2D eigenvalue weighted by molar-refractivity contribution is 5.90. The number of carbonyl (C=O) groups is 11. The Morgan fingerprint density at radius 3 is 0.863 bits per heavy atom. The van der Waals surface area contributed by atoms with Gasteiger partial charge in [0.25, 0.3) is 0 Å². The molecule has 452 valence electrons. The number of nitrogens with one attached hydrogen (secondary N) is 5. The Labute approximate surface area is 471 Å². The van der Waals surface area contributed by atoms with E-state index in [1.807, 2.05) is 0 Å². The van der Waals surface area contributed by atoms with Crippen LogP contribution in [0.2, 0.25) is 0 Å². The smallest absolute Gasteiger partial charge is 0.329 e. The number of amides is 4. The Morgan fingerprint density at radius 2 is 0.588 bits per heavy atom. The maximum absolute atomic E-state index is 13.6. The van der Waals surface area contributed by atoms with E-state index in [1.165, 1.54) is 0 Å². The van der Waals surface area contributed by atoms with Crippen LogP contribution in [0, 0.1) is 0 Å². The molecular formula is C57H91N5O18. The lowest BCUT2D eigenvalue weighted by Gasteiger charge is -2.27. The summed E-state index contributed by atoms with van der Waals surface area (Å²) in [5.41, 5.74) is -2.69. The van der Waals surface area contributed by atoms with Crippen LogP contribution in [0.15, 0.2) is 30.3 Å². The molecule has 0 bridgehead atoms. The van der Waals surface area contributed by atoms with Crippen LogP contribution in [0.25, 0.3) is 0 Å². The second-order valence-corrected chi connectivity index (χ2v) is 25.2. The van der Waals surface area contributed by atoms with E-state index in [1.54, 1.807) is 155 Å². The van der Waals surface area contributed by atoms with Crippen LogP contribution < -0.4 is 26.7 Å². The summed E-state index contributed by atoms with van der Waals surface area (Å²) in [4.78, 5) is 151. The summed E-state index contributed by atoms with van der Waals surface area (Å²) < 4.78 is 33.0. The quantitative estimate of drug-likeness (QED) is 0.0391. The third-order valence-electron chi connectivity index (χ3n) is 10.0. The summed E-state index contributed by atoms with van der Waals surface area (Å²) in [6.07, 6.45) is -3.50. The van der Waals surface area contributed by atoms with Crippen molar-refractivity contribution in [2.24, 2.45) is 0 Å². The molecular weight excluding hydrogens is 1040 g/mol. The van der Waals surface area contributed by atoms with Gasteiger partial charge in [-0.3, -0.25) is 33.6 Å². The Morgan fingerprint density at radius 1 is 0.338 bits per heavy atom. The zero-order valence-corrected chi connectivity index (χ0v) is 50.4. The molecule has 1 aromatic rings. The van der Waals surface area contributed by atoms with Crippen molar-refractivity contribution in [3.05, 3.63) is 35.9 Å². The summed E-state index contributed by atoms with van der Waals surface area (Å²) in [5.74, 6) is -8.67. The van der Waals surface area contributed by atoms with E-state index in [2.05, 4.69) is 26.7 Å². The number of esters is 6. The molecule has 5 atom stereocenters. The number of benzene rings is 1. The molecule has 0 aromatic heterocycles. The normalized spacial score (nSPS) is 14.0. The summed E-state index contributed by atoms with van der Waals surface area (Å²) in [7, 11) is 0. The van der Waals surface area contributed by atoms with Crippen LogP contribution in [0.5, 0.6) is 0 Å². The molecule has 0 fully saturated rings. The van der Waals surface area contributed by atoms with Crippen LogP contribution in [0.3, 0.4) is 0 Å². The maximum Gasteiger partial charge on any atom is 0.329 e. The van der Waals surface area contributed by atoms with Gasteiger partial charge in [0.1, 0.15) is 63.8 Å². The van der Waals surface area contributed by atoms with Crippen LogP contribution in [0.1, 0.15) is 194 Å². The molecule has 4 amide bonds. The van der Waals surface area contributed by atoms with E-state index in [0.29, 0.717) is 5.56 Å². The van der Waals surface area contributed by atoms with Crippen LogP contribution >= 0.6 is 0 Å². The average molecular weight is 1130 g/mol. The van der Waals surface area contributed by atoms with Gasteiger partial charge in [-0.05, 0) is 162 Å². The third-order valence-corrected chi connectivity index (χ3v) is 10.0. The molecule has 0 unspecified atom stereocenters. The highest BCUT2D eigenvalue weighted by Crippen LogP contribution is 2.19. The molecule has 0 radical (unpaired) electrons. The van der Waals surface area contributed by atoms with E-state index in [-0.39, 0.29) is 44.9 Å². The van der Waals surface area contributed by atoms with Crippen LogP contribution in [-0.2, 0) is 92.4 Å². The Kier molecular flexibility index (Phi) is 28.0. The number of ether oxygens (including phenoxy) is 6. The van der Waals surface area contributed by atoms with E-state index in [4.69, 9.17) is 33.3 Å². The van der Waals surface area contributed by atoms with Gasteiger partial charge in [-0.15, -0.1) is 5.48 Å². The Bertz CT molecular complexity index is 2280. The molecule has 5 N–H and O–H groups in total. The summed E-state index contributed by atoms with van der Waals surface area (Å²) >= 11 is 0. The summed E-state index contributed by atoms with van der Waals surface area (Å²) in [5, 5.41) is 10.2. The largest absolute Gasteiger partial charge is 0.460 e. The maximum atomic E-state index is 13.6. The third kappa shape index (κ3) is 34.4. The number of hydrogen-bond acceptors (Lipinski definition) is 19. The van der Waals surface area contributed by atoms with Gasteiger partial charge >= 0.3 is 41.8 Å². The lowest BCUT2D eigenvalue weighted by atomic mass is 10.1. The number of rotatable bonds is 28. The molecule has 23 heteroatoms. The number of hydroxylamine groups is 1. The molecule has 1 rings (SSSR count). The minimum Gasteiger partial charge on any atom is -0.460 e. The molecule has 0 saturated carbocycles. The molecule has 0 aliphatic rings. The molecule has 80 heavy (non-hydrogen) atoms. The molecule has 0 aliphatic heterocycles. The highest BCUT2D eigenvalue weighted by Gasteiger charge is 2.35. The topological polar surface area (TPSA) is 313 Å². The zero-order chi connectivity index (χ0) is 61.6. The Hall–Kier alpha value is -6.65. The fourth-order valence-corrected chi connectivity index (χ4v) is 6.84. The van der Waals surface area contributed by atoms with Gasteiger partial charge in [-0.25, -0.2) is 19.2 Å². The van der Waals surface area contributed by atoms with Crippen molar-refractivity contribution < 1.29 is 86.0 Å². The fraction of sp³-hybridized carbons (Fsp3) is 0.702. The molecule has 0 aliphatic carbocycles. The van der Waals surface area contributed by atoms with Crippen molar-refractivity contribution in [2.45, 2.75) is 259 Å². The van der Waals surface area contributed by atoms with Gasteiger partial charge in [-0.2, -0.15) is 0 Å². The second-order valence-electron chi connectivity index (χ2n) is 25.2. The second kappa shape index (κ2) is 31.4. The average Bonchev–Trinajstić information content (AvgIpc) is 3.25. The minimum absolute atomic E-state index is 0.112. The number of carbonyl (C=O) groups excluding carboxylic acids is 11. The van der Waals surface area contributed by atoms with Gasteiger partial charge in [-0.1, -0.05) is 30.3 Å². The van der Waals surface area contributed by atoms with Gasteiger partial charge in [0.15, 0.2) is 0 Å². The first-order valence-electron chi connectivity index (χ1n) is 26.9. The fourth-order valence-electron chi connectivity index (χ4n) is 6.84. The first kappa shape index (κ1) is 71.4. The summed E-state index contributed by atoms with van der Waals surface area (Å²) in [6, 6.07) is 1.87. The van der Waals surface area contributed by atoms with Gasteiger partial charge in [0, 0.05) is 32.1 Å². The molecule has 0 heterocycles. The van der Waals surface area contributed by atoms with Crippen molar-refractivity contribution in [3.63, 3.8) is 0 Å². The number of hydrogen-bond donors (Lipinski definition) is 5. The lowest BCUT2D eigenvalue weighted by Crippen LogP contribution is -2.48. The standard InChI is InChI=1S/C57H91N5O18/c1-52(2,3)74-45(67)33-28-39(50(72)78-56(13,14)15)61-43(65)31-26-37(48(70)76-54(7,8)9)59-41(63)29-24-36(47(69)75-53(4,5)6)58-42(64)30-25-38(49(71)77-55(10,11)12)60-44(66)32-27-40(51(73)79-57(16,17)18)62-80-46(68)34-35-22-20-19-21-23-35/h19-23,36-40,62H,24-34H2,1-18H3,(H,58,64)(H,59,63)(H,60,66)(H,61,65)/t36-,37-,38-,39-,40-/m0/s1. The van der Waals surface area contributed by atoms with E-state index in [9.17, 15) is 52.7 Å².